The van der Waals surface area contributed by atoms with Gasteiger partial charge in [-0.15, -0.1) is 0 Å². The van der Waals surface area contributed by atoms with Crippen molar-refractivity contribution in [2.45, 2.75) is 36.3 Å². The fraction of sp³-hybridized carbons (Fsp3) is 0.364. The predicted molar refractivity (Wildman–Crippen MR) is 172 cm³/mol. The number of phenols is 1. The van der Waals surface area contributed by atoms with Gasteiger partial charge in [0.2, 0.25) is 15.8 Å². The van der Waals surface area contributed by atoms with E-state index in [1.807, 2.05) is 6.92 Å². The zero-order chi connectivity index (χ0) is 34.7. The molecule has 47 heavy (non-hydrogen) atoms. The summed E-state index contributed by atoms with van der Waals surface area (Å²) in [6, 6.07) is 6.66. The molecule has 0 aliphatic heterocycles. The van der Waals surface area contributed by atoms with Crippen molar-refractivity contribution in [3.05, 3.63) is 69.5 Å². The van der Waals surface area contributed by atoms with Crippen LogP contribution in [0.2, 0.25) is 0 Å². The van der Waals surface area contributed by atoms with E-state index in [2.05, 4.69) is 16.6 Å². The third-order valence-electron chi connectivity index (χ3n) is 9.08. The molecule has 3 aliphatic carbocycles. The number of benzene rings is 2. The van der Waals surface area contributed by atoms with E-state index in [-0.39, 0.29) is 41.0 Å². The molecule has 1 saturated carbocycles. The van der Waals surface area contributed by atoms with E-state index >= 15 is 0 Å². The van der Waals surface area contributed by atoms with E-state index in [9.17, 15) is 43.2 Å². The normalized spacial score (nSPS) is 23.9. The van der Waals surface area contributed by atoms with Crippen LogP contribution in [0, 0.1) is 30.6 Å². The van der Waals surface area contributed by atoms with Gasteiger partial charge < -0.3 is 31.1 Å². The molecule has 0 aromatic heterocycles. The van der Waals surface area contributed by atoms with Gasteiger partial charge in [-0.2, -0.15) is 4.72 Å². The summed E-state index contributed by atoms with van der Waals surface area (Å²) in [6.45, 7) is 1.53. The van der Waals surface area contributed by atoms with Gasteiger partial charge in [0.05, 0.1) is 28.6 Å². The largest absolute Gasteiger partial charge is 0.508 e. The second kappa shape index (κ2) is 11.8. The average Bonchev–Trinajstić information content (AvgIpc) is 2.97. The number of aliphatic hydroxyl groups excluding tert-OH is 2. The maximum Gasteiger partial charge on any atom is 0.255 e. The van der Waals surface area contributed by atoms with Crippen LogP contribution in [0.4, 0.5) is 5.69 Å². The Labute approximate surface area is 272 Å². The lowest BCUT2D eigenvalue weighted by atomic mass is 9.57. The van der Waals surface area contributed by atoms with Crippen LogP contribution in [0.5, 0.6) is 5.75 Å². The molecule has 7 N–H and O–H groups in total. The Morgan fingerprint density at radius 2 is 1.74 bits per heavy atom. The minimum absolute atomic E-state index is 0.0297. The number of nitrogens with two attached hydrogens (primary N) is 1. The van der Waals surface area contributed by atoms with E-state index in [1.54, 1.807) is 37.2 Å². The van der Waals surface area contributed by atoms with Crippen molar-refractivity contribution in [1.29, 1.82) is 0 Å². The van der Waals surface area contributed by atoms with Crippen molar-refractivity contribution in [3.63, 3.8) is 0 Å². The Hall–Kier alpha value is -4.68. The first-order chi connectivity index (χ1) is 21.9. The molecule has 0 bridgehead atoms. The number of carbonyl (C=O) groups excluding carboxylic acids is 3. The summed E-state index contributed by atoms with van der Waals surface area (Å²) in [7, 11) is 2.68. The molecule has 0 heterocycles. The lowest BCUT2D eigenvalue weighted by Crippen LogP contribution is -2.65. The topological polar surface area (TPSA) is 211 Å². The van der Waals surface area contributed by atoms with Crippen LogP contribution in [0.1, 0.15) is 28.7 Å². The molecule has 0 spiro atoms. The smallest absolute Gasteiger partial charge is 0.255 e. The number of likely N-dealkylation sites (N-methyl/N-ethyl adjacent to an activating group) is 1. The van der Waals surface area contributed by atoms with Crippen LogP contribution in [-0.4, -0.2) is 97.6 Å². The molecule has 248 valence electrons. The average molecular weight is 665 g/mol. The number of Topliss-reactive ketones (excluding diaryl/α,β-unsaturated/α-hetero) is 2. The number of sulfonamides is 1. The summed E-state index contributed by atoms with van der Waals surface area (Å²) in [4.78, 5) is 42.8. The zero-order valence-corrected chi connectivity index (χ0v) is 27.3. The summed E-state index contributed by atoms with van der Waals surface area (Å²) in [5.74, 6) is -2.07. The second-order valence-electron chi connectivity index (χ2n) is 12.4. The van der Waals surface area contributed by atoms with Crippen LogP contribution in [0.3, 0.4) is 0 Å². The molecular formula is C33H36N4O9S. The highest BCUT2D eigenvalue weighted by molar-refractivity contribution is 7.89. The van der Waals surface area contributed by atoms with Crippen LogP contribution in [0.15, 0.2) is 52.1 Å². The van der Waals surface area contributed by atoms with Gasteiger partial charge in [0.1, 0.15) is 22.8 Å². The van der Waals surface area contributed by atoms with Crippen LogP contribution < -0.4 is 15.4 Å². The van der Waals surface area contributed by atoms with E-state index in [1.165, 1.54) is 31.1 Å². The van der Waals surface area contributed by atoms with Gasteiger partial charge in [-0.3, -0.25) is 19.3 Å². The van der Waals surface area contributed by atoms with Gasteiger partial charge in [0.15, 0.2) is 11.4 Å². The lowest BCUT2D eigenvalue weighted by Gasteiger charge is -2.50. The van der Waals surface area contributed by atoms with Gasteiger partial charge in [-0.05, 0) is 63.5 Å². The van der Waals surface area contributed by atoms with E-state index < -0.39 is 73.8 Å². The number of fused-ring (bicyclic) bond motifs is 3. The number of primary amides is 1. The lowest BCUT2D eigenvalue weighted by molar-refractivity contribution is -0.153. The van der Waals surface area contributed by atoms with E-state index in [0.29, 0.717) is 11.3 Å². The van der Waals surface area contributed by atoms with Gasteiger partial charge in [0, 0.05) is 31.3 Å². The number of aromatic hydroxyl groups is 1. The molecule has 0 radical (unpaired) electrons. The third-order valence-corrected chi connectivity index (χ3v) is 10.5. The number of nitrogens with one attached hydrogen (secondary N) is 1. The maximum atomic E-state index is 14.1. The van der Waals surface area contributed by atoms with Crippen molar-refractivity contribution < 1.29 is 43.2 Å². The molecular weight excluding hydrogens is 628 g/mol. The first kappa shape index (κ1) is 33.7. The minimum atomic E-state index is -3.86. The number of aliphatic hydroxyl groups is 3. The Morgan fingerprint density at radius 3 is 2.32 bits per heavy atom. The molecule has 4 atom stereocenters. The molecule has 3 aliphatic rings. The minimum Gasteiger partial charge on any atom is -0.508 e. The molecule has 1 amide bonds. The van der Waals surface area contributed by atoms with Crippen molar-refractivity contribution in [2.24, 2.45) is 17.6 Å². The third kappa shape index (κ3) is 5.35. The van der Waals surface area contributed by atoms with E-state index in [4.69, 9.17) is 5.73 Å². The monoisotopic (exact) mass is 664 g/mol. The molecule has 5 rings (SSSR count). The van der Waals surface area contributed by atoms with Crippen LogP contribution in [-0.2, 0) is 30.8 Å². The fourth-order valence-corrected chi connectivity index (χ4v) is 7.78. The number of anilines is 1. The summed E-state index contributed by atoms with van der Waals surface area (Å²) >= 11 is 0. The molecule has 14 heteroatoms. The summed E-state index contributed by atoms with van der Waals surface area (Å²) < 4.78 is 27.7. The van der Waals surface area contributed by atoms with Crippen molar-refractivity contribution in [1.82, 2.24) is 9.62 Å². The zero-order valence-electron chi connectivity index (χ0n) is 26.5. The van der Waals surface area contributed by atoms with Crippen LogP contribution in [0.25, 0.3) is 5.76 Å². The van der Waals surface area contributed by atoms with Crippen molar-refractivity contribution in [3.8, 4) is 17.6 Å². The maximum absolute atomic E-state index is 14.1. The summed E-state index contributed by atoms with van der Waals surface area (Å²) in [5.41, 5.74) is 3.29. The number of phenolic OH excluding ortho intramolecular Hbond substituents is 1. The highest BCUT2D eigenvalue weighted by Gasteiger charge is 2.64. The summed E-state index contributed by atoms with van der Waals surface area (Å²) in [5, 5.41) is 45.8. The Balaban J connectivity index is 1.59. The standard InChI is InChI=1S/C33H36N4O9S/c1-16-8-10-19(11-9-16)47(45,46)35-12-6-7-17-15-22(36(2)3)20-13-18-14-21-26(37(4)5)29(40)25(32(34)43)31(42)33(21,44)30(41)23(18)28(39)24(20)27(17)38/h8-11,15,18,21,26,35,38-39,42,44H,12-14H2,1-5H3,(H2,34,43)/t18-,21+,26?,33-/m1/s1. The molecule has 2 aromatic carbocycles. The highest BCUT2D eigenvalue weighted by atomic mass is 32.2. The fourth-order valence-electron chi connectivity index (χ4n) is 6.86. The molecule has 2 aromatic rings. The van der Waals surface area contributed by atoms with E-state index in [0.717, 1.165) is 5.56 Å². The van der Waals surface area contributed by atoms with Gasteiger partial charge in [-0.1, -0.05) is 29.5 Å². The van der Waals surface area contributed by atoms with Crippen LogP contribution >= 0.6 is 0 Å². The number of nitrogens with zero attached hydrogens (tertiary/aromatic N) is 2. The first-order valence-corrected chi connectivity index (χ1v) is 16.2. The number of ketones is 2. The highest BCUT2D eigenvalue weighted by Crippen LogP contribution is 2.54. The Bertz CT molecular complexity index is 1950. The molecule has 1 fully saturated rings. The quantitative estimate of drug-likeness (QED) is 0.187. The second-order valence-corrected chi connectivity index (χ2v) is 14.2. The number of rotatable bonds is 6. The molecule has 0 saturated heterocycles. The number of carbonyl (C=O) groups is 3. The molecule has 13 nitrogen and oxygen atoms in total. The Morgan fingerprint density at radius 1 is 1.11 bits per heavy atom. The Kier molecular flexibility index (Phi) is 8.48. The number of hydrogen-bond acceptors (Lipinski definition) is 11. The predicted octanol–water partition coefficient (Wildman–Crippen LogP) is 0.668. The van der Waals surface area contributed by atoms with Gasteiger partial charge in [-0.25, -0.2) is 8.42 Å². The number of aryl methyl sites for hydroxylation is 1. The number of hydrogen-bond donors (Lipinski definition) is 6. The van der Waals surface area contributed by atoms with Crippen molar-refractivity contribution >= 4 is 38.9 Å². The SMILES string of the molecule is Cc1ccc(S(=O)(=O)NCC#Cc2cc(N(C)C)c3c(c2O)C(O)=C2C(=O)[C@@]4(O)C(O)=C(C(N)=O)C(=O)C(N(C)C)[C@@H]4C[C@H]2C3)cc1. The first-order valence-electron chi connectivity index (χ1n) is 14.7. The summed E-state index contributed by atoms with van der Waals surface area (Å²) in [6.07, 6.45) is 0.0712. The molecule has 1 unspecified atom stereocenters. The number of amides is 1. The van der Waals surface area contributed by atoms with Gasteiger partial charge in [0.25, 0.3) is 5.91 Å². The van der Waals surface area contributed by atoms with Crippen molar-refractivity contribution in [2.75, 3.05) is 39.6 Å². The van der Waals surface area contributed by atoms with Gasteiger partial charge >= 0.3 is 0 Å².